The van der Waals surface area contributed by atoms with Gasteiger partial charge < -0.3 is 9.64 Å². The van der Waals surface area contributed by atoms with Crippen LogP contribution < -0.4 is 0 Å². The number of rotatable bonds is 4. The van der Waals surface area contributed by atoms with E-state index in [0.717, 1.165) is 51.2 Å². The van der Waals surface area contributed by atoms with Crippen LogP contribution in [0.25, 0.3) is 0 Å². The van der Waals surface area contributed by atoms with Gasteiger partial charge in [-0.05, 0) is 45.1 Å². The number of carbonyl (C=O) groups is 2. The maximum Gasteiger partial charge on any atom is 0.310 e. The predicted octanol–water partition coefficient (Wildman–Crippen LogP) is 1.52. The van der Waals surface area contributed by atoms with E-state index in [1.54, 1.807) is 0 Å². The Kier molecular flexibility index (Phi) is 6.03. The topological polar surface area (TPSA) is 49.9 Å². The van der Waals surface area contributed by atoms with Crippen LogP contribution in [0.1, 0.15) is 39.5 Å². The summed E-state index contributed by atoms with van der Waals surface area (Å²) in [7, 11) is 0. The molecule has 0 aromatic heterocycles. The number of hydrogen-bond acceptors (Lipinski definition) is 4. The third kappa shape index (κ3) is 4.70. The number of hydrogen-bond donors (Lipinski definition) is 0. The number of esters is 1. The Balaban J connectivity index is 1.79. The van der Waals surface area contributed by atoms with Gasteiger partial charge in [0.15, 0.2) is 0 Å². The Morgan fingerprint density at radius 3 is 2.52 bits per heavy atom. The molecule has 0 bridgehead atoms. The van der Waals surface area contributed by atoms with Crippen molar-refractivity contribution in [2.75, 3.05) is 39.3 Å². The minimum atomic E-state index is -0.110. The molecule has 1 atom stereocenters. The predicted molar refractivity (Wildman–Crippen MR) is 80.8 cm³/mol. The van der Waals surface area contributed by atoms with Gasteiger partial charge in [0.05, 0.1) is 19.1 Å². The number of piperidine rings is 2. The van der Waals surface area contributed by atoms with Crippen LogP contribution in [0.15, 0.2) is 0 Å². The Hall–Kier alpha value is -1.10. The number of carbonyl (C=O) groups excluding carboxylic acids is 2. The number of amides is 1. The highest BCUT2D eigenvalue weighted by molar-refractivity contribution is 5.78. The first-order chi connectivity index (χ1) is 10.1. The molecule has 0 unspecified atom stereocenters. The lowest BCUT2D eigenvalue weighted by Crippen LogP contribution is -2.47. The van der Waals surface area contributed by atoms with Gasteiger partial charge in [0.1, 0.15) is 0 Å². The zero-order chi connectivity index (χ0) is 15.2. The molecule has 2 fully saturated rings. The van der Waals surface area contributed by atoms with Gasteiger partial charge in [0.25, 0.3) is 0 Å². The van der Waals surface area contributed by atoms with E-state index in [4.69, 9.17) is 4.74 Å². The minimum absolute atomic E-state index is 0.0621. The summed E-state index contributed by atoms with van der Waals surface area (Å²) in [5.41, 5.74) is 0. The van der Waals surface area contributed by atoms with E-state index < -0.39 is 0 Å². The molecular formula is C16H28N2O3. The third-order valence-electron chi connectivity index (χ3n) is 4.62. The monoisotopic (exact) mass is 296 g/mol. The van der Waals surface area contributed by atoms with Gasteiger partial charge >= 0.3 is 5.97 Å². The molecule has 21 heavy (non-hydrogen) atoms. The van der Waals surface area contributed by atoms with E-state index in [2.05, 4.69) is 11.8 Å². The van der Waals surface area contributed by atoms with Crippen LogP contribution in [-0.4, -0.2) is 61.0 Å². The van der Waals surface area contributed by atoms with E-state index in [1.807, 2.05) is 11.8 Å². The Labute approximate surface area is 127 Å². The van der Waals surface area contributed by atoms with Crippen molar-refractivity contribution in [1.82, 2.24) is 9.80 Å². The van der Waals surface area contributed by atoms with E-state index in [1.165, 1.54) is 0 Å². The smallest absolute Gasteiger partial charge is 0.310 e. The zero-order valence-corrected chi connectivity index (χ0v) is 13.3. The highest BCUT2D eigenvalue weighted by Crippen LogP contribution is 2.19. The van der Waals surface area contributed by atoms with Gasteiger partial charge in [0.2, 0.25) is 5.91 Å². The first kappa shape index (κ1) is 16.3. The van der Waals surface area contributed by atoms with Gasteiger partial charge in [-0.2, -0.15) is 0 Å². The summed E-state index contributed by atoms with van der Waals surface area (Å²) in [5.74, 6) is 0.776. The molecule has 0 aromatic rings. The van der Waals surface area contributed by atoms with Crippen molar-refractivity contribution in [2.24, 2.45) is 11.8 Å². The molecule has 0 radical (unpaired) electrons. The summed E-state index contributed by atoms with van der Waals surface area (Å²) in [6.07, 6.45) is 4.06. The quantitative estimate of drug-likeness (QED) is 0.738. The molecular weight excluding hydrogens is 268 g/mol. The van der Waals surface area contributed by atoms with Crippen LogP contribution >= 0.6 is 0 Å². The molecule has 0 saturated carbocycles. The third-order valence-corrected chi connectivity index (χ3v) is 4.62. The molecule has 2 heterocycles. The summed E-state index contributed by atoms with van der Waals surface area (Å²) in [6, 6.07) is 0. The minimum Gasteiger partial charge on any atom is -0.466 e. The number of likely N-dealkylation sites (tertiary alicyclic amines) is 2. The summed E-state index contributed by atoms with van der Waals surface area (Å²) < 4.78 is 5.10. The second kappa shape index (κ2) is 7.78. The fourth-order valence-corrected chi connectivity index (χ4v) is 3.20. The SMILES string of the molecule is CCOC(=O)[C@@H]1CCCN(CC(=O)N2CCC(C)CC2)C1. The van der Waals surface area contributed by atoms with Crippen LogP contribution in [0.2, 0.25) is 0 Å². The van der Waals surface area contributed by atoms with E-state index >= 15 is 0 Å². The van der Waals surface area contributed by atoms with E-state index in [-0.39, 0.29) is 17.8 Å². The van der Waals surface area contributed by atoms with Gasteiger partial charge in [-0.1, -0.05) is 6.92 Å². The highest BCUT2D eigenvalue weighted by Gasteiger charge is 2.29. The van der Waals surface area contributed by atoms with Crippen molar-refractivity contribution in [2.45, 2.75) is 39.5 Å². The lowest BCUT2D eigenvalue weighted by Gasteiger charge is -2.35. The van der Waals surface area contributed by atoms with E-state index in [9.17, 15) is 9.59 Å². The Bertz CT molecular complexity index is 365. The van der Waals surface area contributed by atoms with Crippen molar-refractivity contribution in [3.05, 3.63) is 0 Å². The van der Waals surface area contributed by atoms with E-state index in [0.29, 0.717) is 19.7 Å². The molecule has 5 nitrogen and oxygen atoms in total. The largest absolute Gasteiger partial charge is 0.466 e. The van der Waals surface area contributed by atoms with Crippen LogP contribution in [0, 0.1) is 11.8 Å². The standard InChI is InChI=1S/C16H28N2O3/c1-3-21-16(20)14-5-4-8-17(11-14)12-15(19)18-9-6-13(2)7-10-18/h13-14H,3-12H2,1-2H3/t14-/m1/s1. The molecule has 120 valence electrons. The summed E-state index contributed by atoms with van der Waals surface area (Å²) >= 11 is 0. The molecule has 2 aliphatic rings. The molecule has 0 spiro atoms. The lowest BCUT2D eigenvalue weighted by molar-refractivity contribution is -0.150. The molecule has 5 heteroatoms. The number of nitrogens with zero attached hydrogens (tertiary/aromatic N) is 2. The molecule has 1 amide bonds. The molecule has 0 aromatic carbocycles. The van der Waals surface area contributed by atoms with Gasteiger partial charge in [-0.25, -0.2) is 0 Å². The van der Waals surface area contributed by atoms with Crippen LogP contribution in [0.4, 0.5) is 0 Å². The Morgan fingerprint density at radius 2 is 1.86 bits per heavy atom. The van der Waals surface area contributed by atoms with Crippen LogP contribution in [0.5, 0.6) is 0 Å². The normalized spacial score (nSPS) is 24.9. The van der Waals surface area contributed by atoms with Crippen molar-refractivity contribution < 1.29 is 14.3 Å². The molecule has 0 N–H and O–H groups in total. The van der Waals surface area contributed by atoms with Gasteiger partial charge in [0, 0.05) is 19.6 Å². The second-order valence-electron chi connectivity index (χ2n) is 6.39. The second-order valence-corrected chi connectivity index (χ2v) is 6.39. The van der Waals surface area contributed by atoms with Crippen molar-refractivity contribution in [3.63, 3.8) is 0 Å². The number of ether oxygens (including phenoxy) is 1. The Morgan fingerprint density at radius 1 is 1.14 bits per heavy atom. The first-order valence-electron chi connectivity index (χ1n) is 8.27. The van der Waals surface area contributed by atoms with Crippen LogP contribution in [-0.2, 0) is 14.3 Å². The summed E-state index contributed by atoms with van der Waals surface area (Å²) in [4.78, 5) is 28.3. The maximum atomic E-state index is 12.3. The summed E-state index contributed by atoms with van der Waals surface area (Å²) in [5, 5.41) is 0. The average molecular weight is 296 g/mol. The van der Waals surface area contributed by atoms with Crippen molar-refractivity contribution in [3.8, 4) is 0 Å². The zero-order valence-electron chi connectivity index (χ0n) is 13.3. The van der Waals surface area contributed by atoms with Crippen LogP contribution in [0.3, 0.4) is 0 Å². The molecule has 0 aliphatic carbocycles. The molecule has 2 saturated heterocycles. The van der Waals surface area contributed by atoms with Crippen molar-refractivity contribution in [1.29, 1.82) is 0 Å². The average Bonchev–Trinajstić information content (AvgIpc) is 2.48. The van der Waals surface area contributed by atoms with Gasteiger partial charge in [-0.15, -0.1) is 0 Å². The summed E-state index contributed by atoms with van der Waals surface area (Å²) in [6.45, 7) is 8.30. The molecule has 2 rings (SSSR count). The highest BCUT2D eigenvalue weighted by atomic mass is 16.5. The lowest BCUT2D eigenvalue weighted by atomic mass is 9.97. The maximum absolute atomic E-state index is 12.3. The fourth-order valence-electron chi connectivity index (χ4n) is 3.20. The first-order valence-corrected chi connectivity index (χ1v) is 8.27. The van der Waals surface area contributed by atoms with Gasteiger partial charge in [-0.3, -0.25) is 14.5 Å². The molecule has 2 aliphatic heterocycles. The van der Waals surface area contributed by atoms with Crippen molar-refractivity contribution >= 4 is 11.9 Å². The fraction of sp³-hybridized carbons (Fsp3) is 0.875.